The number of nitrogens with one attached hydrogen (secondary N) is 2. The second kappa shape index (κ2) is 6.44. The molecule has 0 saturated heterocycles. The summed E-state index contributed by atoms with van der Waals surface area (Å²) in [5.74, 6) is -0.834. The first kappa shape index (κ1) is 13.8. The normalized spacial score (nSPS) is 19.6. The molecular formula is C11H20N2O4. The van der Waals surface area contributed by atoms with Crippen LogP contribution in [0.15, 0.2) is 0 Å². The van der Waals surface area contributed by atoms with Crippen molar-refractivity contribution in [1.82, 2.24) is 10.6 Å². The van der Waals surface area contributed by atoms with Crippen molar-refractivity contribution in [2.45, 2.75) is 44.8 Å². The van der Waals surface area contributed by atoms with Gasteiger partial charge in [0, 0.05) is 6.04 Å². The van der Waals surface area contributed by atoms with E-state index in [0.29, 0.717) is 5.92 Å². The van der Waals surface area contributed by atoms with Gasteiger partial charge in [-0.15, -0.1) is 0 Å². The average molecular weight is 244 g/mol. The van der Waals surface area contributed by atoms with Crippen molar-refractivity contribution < 1.29 is 19.8 Å². The zero-order valence-corrected chi connectivity index (χ0v) is 9.98. The van der Waals surface area contributed by atoms with E-state index in [9.17, 15) is 9.59 Å². The first-order valence-electron chi connectivity index (χ1n) is 5.96. The van der Waals surface area contributed by atoms with Crippen LogP contribution in [0.25, 0.3) is 0 Å². The fourth-order valence-electron chi connectivity index (χ4n) is 2.11. The van der Waals surface area contributed by atoms with Gasteiger partial charge in [-0.25, -0.2) is 9.59 Å². The molecule has 6 heteroatoms. The minimum absolute atomic E-state index is 0.0828. The van der Waals surface area contributed by atoms with E-state index in [-0.39, 0.29) is 12.6 Å². The molecule has 0 radical (unpaired) electrons. The van der Waals surface area contributed by atoms with Crippen LogP contribution in [0.1, 0.15) is 32.6 Å². The first-order chi connectivity index (χ1) is 8.00. The smallest absolute Gasteiger partial charge is 0.334 e. The Morgan fingerprint density at radius 2 is 1.94 bits per heavy atom. The van der Waals surface area contributed by atoms with Crippen LogP contribution < -0.4 is 10.6 Å². The van der Waals surface area contributed by atoms with Crippen molar-refractivity contribution in [3.05, 3.63) is 0 Å². The summed E-state index contributed by atoms with van der Waals surface area (Å²) in [6.45, 7) is 1.67. The van der Waals surface area contributed by atoms with Crippen LogP contribution in [-0.4, -0.2) is 40.9 Å². The third-order valence-electron chi connectivity index (χ3n) is 3.21. The number of aliphatic carboxylic acids is 1. The van der Waals surface area contributed by atoms with Gasteiger partial charge < -0.3 is 20.8 Å². The molecule has 0 aromatic carbocycles. The van der Waals surface area contributed by atoms with Crippen molar-refractivity contribution in [1.29, 1.82) is 0 Å². The minimum atomic E-state index is -1.55. The molecule has 0 aromatic heterocycles. The van der Waals surface area contributed by atoms with Gasteiger partial charge in [0.2, 0.25) is 0 Å². The van der Waals surface area contributed by atoms with Crippen molar-refractivity contribution in [2.24, 2.45) is 5.92 Å². The Morgan fingerprint density at radius 1 is 1.35 bits per heavy atom. The van der Waals surface area contributed by atoms with Gasteiger partial charge in [-0.3, -0.25) is 0 Å². The Kier molecular flexibility index (Phi) is 5.21. The Balaban J connectivity index is 2.22. The molecule has 1 aliphatic carbocycles. The van der Waals surface area contributed by atoms with Gasteiger partial charge >= 0.3 is 12.0 Å². The van der Waals surface area contributed by atoms with Gasteiger partial charge in [-0.05, 0) is 25.7 Å². The Hall–Kier alpha value is -1.30. The van der Waals surface area contributed by atoms with E-state index in [1.54, 1.807) is 0 Å². The largest absolute Gasteiger partial charge is 0.479 e. The van der Waals surface area contributed by atoms with E-state index < -0.39 is 18.1 Å². The predicted octanol–water partition coefficient (Wildman–Crippen LogP) is 0.310. The minimum Gasteiger partial charge on any atom is -0.479 e. The molecule has 1 rings (SSSR count). The zero-order valence-electron chi connectivity index (χ0n) is 9.98. The molecule has 1 aliphatic rings. The molecule has 1 saturated carbocycles. The third-order valence-corrected chi connectivity index (χ3v) is 3.21. The molecule has 0 heterocycles. The fourth-order valence-corrected chi connectivity index (χ4v) is 2.11. The van der Waals surface area contributed by atoms with Crippen LogP contribution in [0.4, 0.5) is 4.79 Å². The molecule has 0 bridgehead atoms. The highest BCUT2D eigenvalue weighted by molar-refractivity contribution is 5.76. The molecule has 2 atom stereocenters. The van der Waals surface area contributed by atoms with Gasteiger partial charge in [-0.2, -0.15) is 0 Å². The SMILES string of the molecule is CC(NC(=O)NC[C@H](O)C(=O)O)C1CCCC1. The number of hydrogen-bond donors (Lipinski definition) is 4. The zero-order chi connectivity index (χ0) is 12.8. The summed E-state index contributed by atoms with van der Waals surface area (Å²) < 4.78 is 0. The van der Waals surface area contributed by atoms with Crippen LogP contribution in [0.2, 0.25) is 0 Å². The van der Waals surface area contributed by atoms with Gasteiger partial charge in [0.05, 0.1) is 6.54 Å². The number of aliphatic hydroxyl groups is 1. The van der Waals surface area contributed by atoms with Gasteiger partial charge in [0.1, 0.15) is 0 Å². The van der Waals surface area contributed by atoms with E-state index >= 15 is 0 Å². The summed E-state index contributed by atoms with van der Waals surface area (Å²) >= 11 is 0. The van der Waals surface area contributed by atoms with Crippen molar-refractivity contribution in [2.75, 3.05) is 6.54 Å². The number of urea groups is 1. The van der Waals surface area contributed by atoms with E-state index in [0.717, 1.165) is 12.8 Å². The molecule has 4 N–H and O–H groups in total. The molecule has 2 amide bonds. The summed E-state index contributed by atoms with van der Waals surface area (Å²) in [7, 11) is 0. The molecule has 1 fully saturated rings. The second-order valence-corrected chi connectivity index (χ2v) is 4.54. The number of amides is 2. The lowest BCUT2D eigenvalue weighted by atomic mass is 10.0. The molecule has 0 aromatic rings. The molecule has 6 nitrogen and oxygen atoms in total. The Bertz CT molecular complexity index is 277. The van der Waals surface area contributed by atoms with Crippen molar-refractivity contribution in [3.63, 3.8) is 0 Å². The lowest BCUT2D eigenvalue weighted by molar-refractivity contribution is -0.146. The highest BCUT2D eigenvalue weighted by Crippen LogP contribution is 2.27. The van der Waals surface area contributed by atoms with Gasteiger partial charge in [0.15, 0.2) is 6.10 Å². The average Bonchev–Trinajstić information content (AvgIpc) is 2.78. The summed E-state index contributed by atoms with van der Waals surface area (Å²) in [6, 6.07) is -0.343. The molecule has 0 spiro atoms. The molecule has 0 aliphatic heterocycles. The van der Waals surface area contributed by atoms with E-state index in [4.69, 9.17) is 10.2 Å². The van der Waals surface area contributed by atoms with Crippen molar-refractivity contribution >= 4 is 12.0 Å². The highest BCUT2D eigenvalue weighted by atomic mass is 16.4. The molecule has 98 valence electrons. The number of carboxylic acid groups (broad SMARTS) is 1. The number of carbonyl (C=O) groups excluding carboxylic acids is 1. The summed E-state index contributed by atoms with van der Waals surface area (Å²) in [6.07, 6.45) is 3.10. The van der Waals surface area contributed by atoms with Crippen LogP contribution >= 0.6 is 0 Å². The van der Waals surface area contributed by atoms with E-state index in [2.05, 4.69) is 10.6 Å². The molecule has 1 unspecified atom stereocenters. The molecule has 17 heavy (non-hydrogen) atoms. The highest BCUT2D eigenvalue weighted by Gasteiger charge is 2.23. The predicted molar refractivity (Wildman–Crippen MR) is 61.6 cm³/mol. The van der Waals surface area contributed by atoms with Crippen LogP contribution in [0, 0.1) is 5.92 Å². The standard InChI is InChI=1S/C11H20N2O4/c1-7(8-4-2-3-5-8)13-11(17)12-6-9(14)10(15)16/h7-9,14H,2-6H2,1H3,(H,15,16)(H2,12,13,17)/t7?,9-/m0/s1. The van der Waals surface area contributed by atoms with Crippen LogP contribution in [-0.2, 0) is 4.79 Å². The quantitative estimate of drug-likeness (QED) is 0.559. The van der Waals surface area contributed by atoms with Crippen LogP contribution in [0.5, 0.6) is 0 Å². The fraction of sp³-hybridized carbons (Fsp3) is 0.818. The Labute approximate surface area is 100 Å². The maximum atomic E-state index is 11.4. The monoisotopic (exact) mass is 244 g/mol. The summed E-state index contributed by atoms with van der Waals surface area (Å²) in [4.78, 5) is 21.7. The second-order valence-electron chi connectivity index (χ2n) is 4.54. The maximum absolute atomic E-state index is 11.4. The summed E-state index contributed by atoms with van der Waals surface area (Å²) in [5, 5.41) is 22.5. The van der Waals surface area contributed by atoms with E-state index in [1.165, 1.54) is 12.8 Å². The number of carboxylic acids is 1. The first-order valence-corrected chi connectivity index (χ1v) is 5.96. The summed E-state index contributed by atoms with van der Waals surface area (Å²) in [5.41, 5.74) is 0. The van der Waals surface area contributed by atoms with Crippen LogP contribution in [0.3, 0.4) is 0 Å². The van der Waals surface area contributed by atoms with E-state index in [1.807, 2.05) is 6.92 Å². The lowest BCUT2D eigenvalue weighted by Gasteiger charge is -2.20. The van der Waals surface area contributed by atoms with Gasteiger partial charge in [-0.1, -0.05) is 12.8 Å². The molecular weight excluding hydrogens is 224 g/mol. The number of rotatable bonds is 5. The number of aliphatic hydroxyl groups excluding tert-OH is 1. The topological polar surface area (TPSA) is 98.7 Å². The maximum Gasteiger partial charge on any atom is 0.334 e. The third kappa shape index (κ3) is 4.60. The number of hydrogen-bond acceptors (Lipinski definition) is 3. The number of carbonyl (C=O) groups is 2. The van der Waals surface area contributed by atoms with Gasteiger partial charge in [0.25, 0.3) is 0 Å². The van der Waals surface area contributed by atoms with Crippen molar-refractivity contribution in [3.8, 4) is 0 Å². The lowest BCUT2D eigenvalue weighted by Crippen LogP contribution is -2.46. The Morgan fingerprint density at radius 3 is 2.47 bits per heavy atom.